The summed E-state index contributed by atoms with van der Waals surface area (Å²) in [7, 11) is 1.75. The predicted octanol–water partition coefficient (Wildman–Crippen LogP) is 1.76. The molecular weight excluding hydrogens is 489 g/mol. The van der Waals surface area contributed by atoms with Gasteiger partial charge in [-0.25, -0.2) is 15.0 Å². The van der Waals surface area contributed by atoms with Gasteiger partial charge in [-0.2, -0.15) is 0 Å². The minimum absolute atomic E-state index is 0. The van der Waals surface area contributed by atoms with Crippen molar-refractivity contribution in [3.8, 4) is 0 Å². The fraction of sp³-hybridized carbons (Fsp3) is 0.556. The number of hydrogen-bond acceptors (Lipinski definition) is 6. The van der Waals surface area contributed by atoms with Crippen molar-refractivity contribution in [3.05, 3.63) is 38.3 Å². The second kappa shape index (κ2) is 10.2. The molecule has 0 aliphatic carbocycles. The second-order valence-electron chi connectivity index (χ2n) is 6.56. The first kappa shape index (κ1) is 22.6. The molecule has 1 aliphatic rings. The fourth-order valence-electron chi connectivity index (χ4n) is 3.01. The van der Waals surface area contributed by atoms with E-state index in [0.717, 1.165) is 49.4 Å². The zero-order chi connectivity index (χ0) is 19.4. The molecule has 3 rings (SSSR count). The molecule has 28 heavy (non-hydrogen) atoms. The number of halogens is 1. The molecule has 2 aromatic heterocycles. The Kier molecular flexibility index (Phi) is 8.23. The molecule has 1 fully saturated rings. The van der Waals surface area contributed by atoms with Gasteiger partial charge in [0.05, 0.1) is 12.2 Å². The first-order chi connectivity index (χ1) is 13.0. The molecule has 0 atom stereocenters. The van der Waals surface area contributed by atoms with Crippen molar-refractivity contribution < 1.29 is 0 Å². The van der Waals surface area contributed by atoms with Gasteiger partial charge in [0.25, 0.3) is 5.56 Å². The van der Waals surface area contributed by atoms with Crippen molar-refractivity contribution in [1.29, 1.82) is 0 Å². The maximum atomic E-state index is 12.3. The van der Waals surface area contributed by atoms with Gasteiger partial charge >= 0.3 is 0 Å². The van der Waals surface area contributed by atoms with Crippen LogP contribution in [-0.2, 0) is 13.6 Å². The molecule has 8 nitrogen and oxygen atoms in total. The maximum absolute atomic E-state index is 12.3. The number of hydrogen-bond donors (Lipinski definition) is 1. The smallest absolute Gasteiger partial charge is 0.293 e. The summed E-state index contributed by atoms with van der Waals surface area (Å²) in [5.74, 6) is 1.42. The van der Waals surface area contributed by atoms with Crippen LogP contribution in [0.2, 0.25) is 0 Å². The van der Waals surface area contributed by atoms with Gasteiger partial charge in [-0.05, 0) is 20.8 Å². The Hall–Kier alpha value is -1.69. The second-order valence-corrected chi connectivity index (χ2v) is 7.85. The Balaban J connectivity index is 0.00000280. The topological polar surface area (TPSA) is 78.7 Å². The zero-order valence-corrected chi connectivity index (χ0v) is 20.0. The van der Waals surface area contributed by atoms with Crippen LogP contribution in [0.4, 0.5) is 5.82 Å². The highest BCUT2D eigenvalue weighted by atomic mass is 127. The van der Waals surface area contributed by atoms with Crippen molar-refractivity contribution in [2.45, 2.75) is 27.3 Å². The third-order valence-corrected chi connectivity index (χ3v) is 5.71. The van der Waals surface area contributed by atoms with Crippen LogP contribution in [0.25, 0.3) is 0 Å². The van der Waals surface area contributed by atoms with Gasteiger partial charge < -0.3 is 19.7 Å². The lowest BCUT2D eigenvalue weighted by molar-refractivity contribution is 0.370. The van der Waals surface area contributed by atoms with E-state index in [-0.39, 0.29) is 29.5 Å². The average Bonchev–Trinajstić information content (AvgIpc) is 2.99. The fourth-order valence-corrected chi connectivity index (χ4v) is 3.87. The molecule has 0 unspecified atom stereocenters. The molecule has 10 heteroatoms. The predicted molar refractivity (Wildman–Crippen MR) is 125 cm³/mol. The molecule has 0 saturated carbocycles. The number of piperazine rings is 1. The molecular formula is C18H28IN7OS. The molecule has 2 aromatic rings. The number of anilines is 1. The number of nitrogens with one attached hydrogen (secondary N) is 1. The zero-order valence-electron chi connectivity index (χ0n) is 16.8. The lowest BCUT2D eigenvalue weighted by Gasteiger charge is -2.36. The summed E-state index contributed by atoms with van der Waals surface area (Å²) >= 11 is 1.70. The lowest BCUT2D eigenvalue weighted by Crippen LogP contribution is -2.53. The summed E-state index contributed by atoms with van der Waals surface area (Å²) in [6, 6.07) is 0. The first-order valence-electron chi connectivity index (χ1n) is 9.22. The highest BCUT2D eigenvalue weighted by Gasteiger charge is 2.22. The van der Waals surface area contributed by atoms with Crippen LogP contribution in [0.1, 0.15) is 22.5 Å². The van der Waals surface area contributed by atoms with Crippen molar-refractivity contribution >= 4 is 47.1 Å². The normalized spacial score (nSPS) is 14.8. The van der Waals surface area contributed by atoms with Crippen molar-refractivity contribution in [3.63, 3.8) is 0 Å². The van der Waals surface area contributed by atoms with Gasteiger partial charge in [0.1, 0.15) is 5.01 Å². The number of aryl methyl sites for hydroxylation is 3. The van der Waals surface area contributed by atoms with Crippen LogP contribution < -0.4 is 15.8 Å². The highest BCUT2D eigenvalue weighted by Crippen LogP contribution is 2.17. The van der Waals surface area contributed by atoms with E-state index >= 15 is 0 Å². The quantitative estimate of drug-likeness (QED) is 0.379. The van der Waals surface area contributed by atoms with Gasteiger partial charge in [0.2, 0.25) is 0 Å². The minimum atomic E-state index is -0.0546. The Labute approximate surface area is 186 Å². The van der Waals surface area contributed by atoms with Crippen LogP contribution in [0.15, 0.2) is 22.2 Å². The van der Waals surface area contributed by atoms with Crippen molar-refractivity contribution in [2.75, 3.05) is 37.6 Å². The maximum Gasteiger partial charge on any atom is 0.293 e. The third-order valence-electron chi connectivity index (χ3n) is 4.65. The standard InChI is InChI=1S/C18H27N7OS.HI/c1-5-19-18(21-12-15-22-13(2)14(3)27-15)25-10-8-24(9-11-25)16-17(26)23(4)7-6-20-16;/h6-7H,5,8-12H2,1-4H3,(H,19,21);1H. The number of guanidine groups is 1. The molecule has 0 bridgehead atoms. The summed E-state index contributed by atoms with van der Waals surface area (Å²) in [5, 5.41) is 4.41. The number of aliphatic imine (C=N–C) groups is 1. The third kappa shape index (κ3) is 5.22. The summed E-state index contributed by atoms with van der Waals surface area (Å²) in [4.78, 5) is 31.4. The monoisotopic (exact) mass is 517 g/mol. The Bertz CT molecular complexity index is 852. The highest BCUT2D eigenvalue weighted by molar-refractivity contribution is 14.0. The summed E-state index contributed by atoms with van der Waals surface area (Å²) in [6.45, 7) is 10.7. The van der Waals surface area contributed by atoms with Crippen LogP contribution in [0.5, 0.6) is 0 Å². The summed E-state index contributed by atoms with van der Waals surface area (Å²) in [6.07, 6.45) is 3.35. The van der Waals surface area contributed by atoms with Crippen molar-refractivity contribution in [1.82, 2.24) is 24.8 Å². The molecule has 1 aliphatic heterocycles. The van der Waals surface area contributed by atoms with Crippen LogP contribution >= 0.6 is 35.3 Å². The Morgan fingerprint density at radius 3 is 2.61 bits per heavy atom. The van der Waals surface area contributed by atoms with Gasteiger partial charge in [0.15, 0.2) is 11.8 Å². The van der Waals surface area contributed by atoms with E-state index in [1.54, 1.807) is 35.3 Å². The van der Waals surface area contributed by atoms with Crippen LogP contribution in [0, 0.1) is 13.8 Å². The van der Waals surface area contributed by atoms with E-state index < -0.39 is 0 Å². The Morgan fingerprint density at radius 2 is 2.00 bits per heavy atom. The number of thiazole rings is 1. The van der Waals surface area contributed by atoms with E-state index in [1.807, 2.05) is 6.92 Å². The molecule has 0 aromatic carbocycles. The first-order valence-corrected chi connectivity index (χ1v) is 10.0. The molecule has 154 valence electrons. The number of nitrogens with zero attached hydrogens (tertiary/aromatic N) is 6. The van der Waals surface area contributed by atoms with Crippen LogP contribution in [0.3, 0.4) is 0 Å². The molecule has 1 saturated heterocycles. The molecule has 0 radical (unpaired) electrons. The molecule has 0 spiro atoms. The summed E-state index contributed by atoms with van der Waals surface area (Å²) in [5.41, 5.74) is 1.03. The van der Waals surface area contributed by atoms with Gasteiger partial charge in [0, 0.05) is 57.0 Å². The van der Waals surface area contributed by atoms with Gasteiger partial charge in [-0.1, -0.05) is 0 Å². The minimum Gasteiger partial charge on any atom is -0.357 e. The van der Waals surface area contributed by atoms with E-state index in [1.165, 1.54) is 4.88 Å². The van der Waals surface area contributed by atoms with Crippen molar-refractivity contribution in [2.24, 2.45) is 12.0 Å². The van der Waals surface area contributed by atoms with E-state index in [4.69, 9.17) is 4.99 Å². The molecule has 3 heterocycles. The van der Waals surface area contributed by atoms with Gasteiger partial charge in [-0.15, -0.1) is 35.3 Å². The summed E-state index contributed by atoms with van der Waals surface area (Å²) < 4.78 is 1.57. The number of rotatable bonds is 4. The molecule has 1 N–H and O–H groups in total. The SMILES string of the molecule is CCNC(=NCc1nc(C)c(C)s1)N1CCN(c2nccn(C)c2=O)CC1.I. The van der Waals surface area contributed by atoms with E-state index in [2.05, 4.69) is 38.9 Å². The van der Waals surface area contributed by atoms with E-state index in [9.17, 15) is 4.79 Å². The van der Waals surface area contributed by atoms with E-state index in [0.29, 0.717) is 12.4 Å². The lowest BCUT2D eigenvalue weighted by atomic mass is 10.3. The largest absolute Gasteiger partial charge is 0.357 e. The van der Waals surface area contributed by atoms with Crippen LogP contribution in [-0.4, -0.2) is 58.1 Å². The average molecular weight is 517 g/mol. The van der Waals surface area contributed by atoms with Gasteiger partial charge in [-0.3, -0.25) is 4.79 Å². The Morgan fingerprint density at radius 1 is 1.29 bits per heavy atom. The molecule has 0 amide bonds. The number of aromatic nitrogens is 3.